The Bertz CT molecular complexity index is 553. The number of nitrogens with two attached hydrogens (primary N) is 1. The van der Waals surface area contributed by atoms with Gasteiger partial charge in [0.2, 0.25) is 5.91 Å². The van der Waals surface area contributed by atoms with Crippen molar-refractivity contribution in [1.29, 1.82) is 0 Å². The van der Waals surface area contributed by atoms with E-state index in [9.17, 15) is 9.59 Å². The van der Waals surface area contributed by atoms with Crippen molar-refractivity contribution < 1.29 is 14.3 Å². The molecule has 0 fully saturated rings. The second-order valence-corrected chi connectivity index (χ2v) is 5.98. The van der Waals surface area contributed by atoms with Crippen LogP contribution in [0, 0.1) is 0 Å². The fourth-order valence-electron chi connectivity index (χ4n) is 1.71. The number of hydrogen-bond acceptors (Lipinski definition) is 5. The van der Waals surface area contributed by atoms with Crippen LogP contribution in [0.25, 0.3) is 0 Å². The van der Waals surface area contributed by atoms with Crippen LogP contribution in [-0.4, -0.2) is 31.1 Å². The molecule has 0 saturated heterocycles. The van der Waals surface area contributed by atoms with Gasteiger partial charge in [0.05, 0.1) is 29.9 Å². The molecule has 0 aromatic heterocycles. The van der Waals surface area contributed by atoms with Gasteiger partial charge < -0.3 is 21.1 Å². The van der Waals surface area contributed by atoms with E-state index in [-0.39, 0.29) is 28.6 Å². The van der Waals surface area contributed by atoms with Crippen LogP contribution in [0.1, 0.15) is 31.1 Å². The number of nitrogens with one attached hydrogen (secondary N) is 2. The molecule has 0 aliphatic carbocycles. The topological polar surface area (TPSA) is 93.4 Å². The first-order chi connectivity index (χ1) is 9.64. The van der Waals surface area contributed by atoms with Crippen LogP contribution in [0.4, 0.5) is 11.4 Å². The highest BCUT2D eigenvalue weighted by atomic mass is 35.5. The molecular formula is C14H20ClN3O3. The van der Waals surface area contributed by atoms with Crippen LogP contribution < -0.4 is 16.4 Å². The van der Waals surface area contributed by atoms with E-state index in [1.807, 2.05) is 20.8 Å². The lowest BCUT2D eigenvalue weighted by Crippen LogP contribution is -2.43. The Labute approximate surface area is 129 Å². The van der Waals surface area contributed by atoms with Crippen molar-refractivity contribution in [2.45, 2.75) is 26.3 Å². The van der Waals surface area contributed by atoms with E-state index in [1.165, 1.54) is 19.2 Å². The van der Waals surface area contributed by atoms with Crippen LogP contribution in [0.2, 0.25) is 5.02 Å². The second kappa shape index (κ2) is 6.67. The number of benzene rings is 1. The summed E-state index contributed by atoms with van der Waals surface area (Å²) in [5.74, 6) is -0.797. The average Bonchev–Trinajstić information content (AvgIpc) is 2.33. The third kappa shape index (κ3) is 5.15. The van der Waals surface area contributed by atoms with E-state index in [1.54, 1.807) is 0 Å². The predicted molar refractivity (Wildman–Crippen MR) is 83.6 cm³/mol. The van der Waals surface area contributed by atoms with Gasteiger partial charge in [-0.1, -0.05) is 11.6 Å². The van der Waals surface area contributed by atoms with Crippen LogP contribution >= 0.6 is 11.6 Å². The number of rotatable bonds is 4. The van der Waals surface area contributed by atoms with Gasteiger partial charge in [0.1, 0.15) is 0 Å². The molecule has 0 radical (unpaired) electrons. The molecule has 0 aliphatic rings. The van der Waals surface area contributed by atoms with Crippen molar-refractivity contribution in [2.75, 3.05) is 24.7 Å². The third-order valence-corrected chi connectivity index (χ3v) is 2.76. The minimum absolute atomic E-state index is 0.0229. The molecule has 0 atom stereocenters. The van der Waals surface area contributed by atoms with Gasteiger partial charge in [0, 0.05) is 11.2 Å². The number of amides is 1. The summed E-state index contributed by atoms with van der Waals surface area (Å²) in [5, 5.41) is 5.89. The van der Waals surface area contributed by atoms with Gasteiger partial charge in [-0.3, -0.25) is 4.79 Å². The minimum Gasteiger partial charge on any atom is -0.465 e. The van der Waals surface area contributed by atoms with Crippen LogP contribution in [0.5, 0.6) is 0 Å². The Balaban J connectivity index is 2.93. The smallest absolute Gasteiger partial charge is 0.340 e. The molecule has 6 nitrogen and oxygen atoms in total. The quantitative estimate of drug-likeness (QED) is 0.584. The molecule has 0 bridgehead atoms. The van der Waals surface area contributed by atoms with Crippen molar-refractivity contribution in [3.63, 3.8) is 0 Å². The number of halogens is 1. The van der Waals surface area contributed by atoms with Crippen molar-refractivity contribution >= 4 is 34.9 Å². The molecule has 0 spiro atoms. The summed E-state index contributed by atoms with van der Waals surface area (Å²) in [6, 6.07) is 2.94. The van der Waals surface area contributed by atoms with E-state index in [4.69, 9.17) is 17.3 Å². The number of ether oxygens (including phenoxy) is 1. The van der Waals surface area contributed by atoms with Crippen molar-refractivity contribution in [1.82, 2.24) is 5.32 Å². The minimum atomic E-state index is -0.581. The summed E-state index contributed by atoms with van der Waals surface area (Å²) >= 11 is 6.07. The van der Waals surface area contributed by atoms with Crippen LogP contribution in [0.15, 0.2) is 12.1 Å². The van der Waals surface area contributed by atoms with Crippen LogP contribution in [0.3, 0.4) is 0 Å². The number of hydrogen-bond donors (Lipinski definition) is 3. The molecule has 7 heteroatoms. The maximum atomic E-state index is 11.8. The third-order valence-electron chi connectivity index (χ3n) is 2.46. The molecule has 21 heavy (non-hydrogen) atoms. The maximum absolute atomic E-state index is 11.8. The van der Waals surface area contributed by atoms with Gasteiger partial charge in [0.15, 0.2) is 0 Å². The molecule has 1 aromatic carbocycles. The van der Waals surface area contributed by atoms with E-state index in [2.05, 4.69) is 15.4 Å². The lowest BCUT2D eigenvalue weighted by Gasteiger charge is -2.21. The fourth-order valence-corrected chi connectivity index (χ4v) is 2.00. The Morgan fingerprint density at radius 2 is 1.95 bits per heavy atom. The number of carbonyl (C=O) groups excluding carboxylic acids is 2. The lowest BCUT2D eigenvalue weighted by atomic mass is 10.1. The zero-order chi connectivity index (χ0) is 16.2. The monoisotopic (exact) mass is 313 g/mol. The molecule has 0 saturated carbocycles. The fraction of sp³-hybridized carbons (Fsp3) is 0.429. The van der Waals surface area contributed by atoms with Gasteiger partial charge in [-0.25, -0.2) is 4.79 Å². The zero-order valence-electron chi connectivity index (χ0n) is 12.5. The number of nitrogen functional groups attached to an aromatic ring is 1. The number of carbonyl (C=O) groups is 2. The van der Waals surface area contributed by atoms with E-state index in [0.29, 0.717) is 11.4 Å². The standard InChI is InChI=1S/C14H20ClN3O3/c1-14(2,3)18-11(19)7-17-12-9(13(20)21-4)5-8(16)6-10(12)15/h5-6,17H,7,16H2,1-4H3,(H,18,19). The maximum Gasteiger partial charge on any atom is 0.340 e. The van der Waals surface area contributed by atoms with E-state index in [0.717, 1.165) is 0 Å². The molecule has 0 aliphatic heterocycles. The Morgan fingerprint density at radius 1 is 1.33 bits per heavy atom. The van der Waals surface area contributed by atoms with Crippen molar-refractivity contribution in [3.05, 3.63) is 22.7 Å². The first kappa shape index (κ1) is 17.1. The zero-order valence-corrected chi connectivity index (χ0v) is 13.3. The average molecular weight is 314 g/mol. The van der Waals surface area contributed by atoms with E-state index >= 15 is 0 Å². The Hall–Kier alpha value is -1.95. The summed E-state index contributed by atoms with van der Waals surface area (Å²) in [6.45, 7) is 5.60. The molecule has 1 rings (SSSR count). The summed E-state index contributed by atoms with van der Waals surface area (Å²) in [7, 11) is 1.26. The normalized spacial score (nSPS) is 10.9. The number of methoxy groups -OCH3 is 1. The van der Waals surface area contributed by atoms with Gasteiger partial charge in [0.25, 0.3) is 0 Å². The molecule has 1 aromatic rings. The van der Waals surface area contributed by atoms with Gasteiger partial charge in [-0.15, -0.1) is 0 Å². The van der Waals surface area contributed by atoms with Crippen molar-refractivity contribution in [3.8, 4) is 0 Å². The Morgan fingerprint density at radius 3 is 2.48 bits per heavy atom. The predicted octanol–water partition coefficient (Wildman–Crippen LogP) is 2.04. The molecule has 116 valence electrons. The first-order valence-corrected chi connectivity index (χ1v) is 6.74. The highest BCUT2D eigenvalue weighted by Gasteiger charge is 2.18. The number of anilines is 2. The molecular weight excluding hydrogens is 294 g/mol. The van der Waals surface area contributed by atoms with Gasteiger partial charge in [-0.05, 0) is 32.9 Å². The second-order valence-electron chi connectivity index (χ2n) is 5.57. The summed E-state index contributed by atoms with van der Waals surface area (Å²) in [5.41, 5.74) is 6.17. The summed E-state index contributed by atoms with van der Waals surface area (Å²) < 4.78 is 4.68. The first-order valence-electron chi connectivity index (χ1n) is 6.36. The molecule has 0 unspecified atom stereocenters. The summed E-state index contributed by atoms with van der Waals surface area (Å²) in [6.07, 6.45) is 0. The molecule has 4 N–H and O–H groups in total. The lowest BCUT2D eigenvalue weighted by molar-refractivity contribution is -0.120. The highest BCUT2D eigenvalue weighted by molar-refractivity contribution is 6.34. The Kier molecular flexibility index (Phi) is 5.43. The van der Waals surface area contributed by atoms with E-state index < -0.39 is 5.97 Å². The molecule has 1 amide bonds. The SMILES string of the molecule is COC(=O)c1cc(N)cc(Cl)c1NCC(=O)NC(C)(C)C. The highest BCUT2D eigenvalue weighted by Crippen LogP contribution is 2.29. The summed E-state index contributed by atoms with van der Waals surface area (Å²) in [4.78, 5) is 23.5. The van der Waals surface area contributed by atoms with Gasteiger partial charge in [-0.2, -0.15) is 0 Å². The van der Waals surface area contributed by atoms with Crippen LogP contribution in [-0.2, 0) is 9.53 Å². The van der Waals surface area contributed by atoms with Gasteiger partial charge >= 0.3 is 5.97 Å². The number of esters is 1. The largest absolute Gasteiger partial charge is 0.465 e. The molecule has 0 heterocycles. The van der Waals surface area contributed by atoms with Crippen molar-refractivity contribution in [2.24, 2.45) is 0 Å².